The van der Waals surface area contributed by atoms with Crippen molar-refractivity contribution in [1.82, 2.24) is 9.55 Å². The molecule has 2 aromatic rings. The molecule has 0 bridgehead atoms. The van der Waals surface area contributed by atoms with E-state index >= 15 is 0 Å². The van der Waals surface area contributed by atoms with Crippen LogP contribution in [0, 0.1) is 6.92 Å². The van der Waals surface area contributed by atoms with Gasteiger partial charge < -0.3 is 9.88 Å². The Hall–Kier alpha value is -1.84. The molecule has 4 heteroatoms. The summed E-state index contributed by atoms with van der Waals surface area (Å²) < 4.78 is 2.06. The number of rotatable bonds is 4. The number of nitrogens with zero attached hydrogens (tertiary/aromatic N) is 2. The molecule has 0 amide bonds. The SMILES string of the molecule is CC(=O)CCNc1ccc2c(c1)nc(C)n2C. The summed E-state index contributed by atoms with van der Waals surface area (Å²) in [4.78, 5) is 15.3. The van der Waals surface area contributed by atoms with Crippen LogP contribution in [0.2, 0.25) is 0 Å². The first-order valence-electron chi connectivity index (χ1n) is 5.74. The van der Waals surface area contributed by atoms with E-state index in [-0.39, 0.29) is 5.78 Å². The van der Waals surface area contributed by atoms with Gasteiger partial charge in [0.2, 0.25) is 0 Å². The van der Waals surface area contributed by atoms with Gasteiger partial charge in [0.15, 0.2) is 0 Å². The van der Waals surface area contributed by atoms with Crippen molar-refractivity contribution in [3.05, 3.63) is 24.0 Å². The average Bonchev–Trinajstić information content (AvgIpc) is 2.54. The molecule has 1 N–H and O–H groups in total. The van der Waals surface area contributed by atoms with Crippen LogP contribution < -0.4 is 5.32 Å². The summed E-state index contributed by atoms with van der Waals surface area (Å²) in [7, 11) is 2.01. The summed E-state index contributed by atoms with van der Waals surface area (Å²) >= 11 is 0. The fourth-order valence-corrected chi connectivity index (χ4v) is 1.81. The number of carbonyl (C=O) groups excluding carboxylic acids is 1. The first-order valence-corrected chi connectivity index (χ1v) is 5.74. The molecule has 1 aromatic heterocycles. The first kappa shape index (κ1) is 11.6. The van der Waals surface area contributed by atoms with E-state index in [4.69, 9.17) is 0 Å². The van der Waals surface area contributed by atoms with E-state index in [1.807, 2.05) is 32.2 Å². The molecular formula is C13H17N3O. The minimum atomic E-state index is 0.201. The zero-order valence-electron chi connectivity index (χ0n) is 10.4. The Labute approximate surface area is 101 Å². The molecule has 0 spiro atoms. The molecule has 1 aromatic carbocycles. The third-order valence-corrected chi connectivity index (χ3v) is 2.91. The minimum absolute atomic E-state index is 0.201. The van der Waals surface area contributed by atoms with Crippen molar-refractivity contribution in [2.24, 2.45) is 7.05 Å². The number of imidazole rings is 1. The first-order chi connectivity index (χ1) is 8.08. The number of aryl methyl sites for hydroxylation is 2. The standard InChI is InChI=1S/C13H17N3O/c1-9(17)6-7-14-11-4-5-13-12(8-11)15-10(2)16(13)3/h4-5,8,14H,6-7H2,1-3H3. The van der Waals surface area contributed by atoms with E-state index in [1.54, 1.807) is 6.92 Å². The summed E-state index contributed by atoms with van der Waals surface area (Å²) in [6.07, 6.45) is 0.555. The summed E-state index contributed by atoms with van der Waals surface area (Å²) in [5.41, 5.74) is 3.12. The van der Waals surface area contributed by atoms with Gasteiger partial charge in [0.05, 0.1) is 11.0 Å². The third kappa shape index (κ3) is 2.46. The third-order valence-electron chi connectivity index (χ3n) is 2.91. The molecule has 90 valence electrons. The molecule has 17 heavy (non-hydrogen) atoms. The highest BCUT2D eigenvalue weighted by atomic mass is 16.1. The second kappa shape index (κ2) is 4.57. The molecule has 0 aliphatic carbocycles. The maximum Gasteiger partial charge on any atom is 0.131 e. The number of nitrogens with one attached hydrogen (secondary N) is 1. The lowest BCUT2D eigenvalue weighted by Gasteiger charge is -2.04. The van der Waals surface area contributed by atoms with E-state index < -0.39 is 0 Å². The van der Waals surface area contributed by atoms with Crippen LogP contribution in [0.3, 0.4) is 0 Å². The van der Waals surface area contributed by atoms with Gasteiger partial charge in [-0.1, -0.05) is 0 Å². The summed E-state index contributed by atoms with van der Waals surface area (Å²) in [6.45, 7) is 4.27. The number of Topliss-reactive ketones (excluding diaryl/α,β-unsaturated/α-hetero) is 1. The lowest BCUT2D eigenvalue weighted by Crippen LogP contribution is -2.05. The number of ketones is 1. The van der Waals surface area contributed by atoms with E-state index in [9.17, 15) is 4.79 Å². The van der Waals surface area contributed by atoms with Crippen LogP contribution in [0.4, 0.5) is 5.69 Å². The van der Waals surface area contributed by atoms with Crippen molar-refractivity contribution >= 4 is 22.5 Å². The highest BCUT2D eigenvalue weighted by Crippen LogP contribution is 2.19. The van der Waals surface area contributed by atoms with Gasteiger partial charge in [-0.05, 0) is 32.0 Å². The van der Waals surface area contributed by atoms with Gasteiger partial charge in [0.1, 0.15) is 11.6 Å². The lowest BCUT2D eigenvalue weighted by molar-refractivity contribution is -0.116. The number of aromatic nitrogens is 2. The van der Waals surface area contributed by atoms with Gasteiger partial charge >= 0.3 is 0 Å². The Morgan fingerprint density at radius 3 is 2.94 bits per heavy atom. The molecule has 4 nitrogen and oxygen atoms in total. The molecule has 0 atom stereocenters. The second-order valence-corrected chi connectivity index (χ2v) is 4.30. The highest BCUT2D eigenvalue weighted by Gasteiger charge is 2.04. The van der Waals surface area contributed by atoms with Crippen LogP contribution in [0.1, 0.15) is 19.2 Å². The number of carbonyl (C=O) groups is 1. The van der Waals surface area contributed by atoms with Crippen molar-refractivity contribution < 1.29 is 4.79 Å². The molecule has 0 saturated heterocycles. The van der Waals surface area contributed by atoms with Gasteiger partial charge in [-0.2, -0.15) is 0 Å². The van der Waals surface area contributed by atoms with Crippen molar-refractivity contribution in [3.63, 3.8) is 0 Å². The number of benzene rings is 1. The monoisotopic (exact) mass is 231 g/mol. The topological polar surface area (TPSA) is 46.9 Å². The summed E-state index contributed by atoms with van der Waals surface area (Å²) in [6, 6.07) is 6.08. The Morgan fingerprint density at radius 1 is 1.47 bits per heavy atom. The Morgan fingerprint density at radius 2 is 2.24 bits per heavy atom. The van der Waals surface area contributed by atoms with E-state index in [1.165, 1.54) is 0 Å². The van der Waals surface area contributed by atoms with Crippen molar-refractivity contribution in [2.75, 3.05) is 11.9 Å². The second-order valence-electron chi connectivity index (χ2n) is 4.30. The maximum atomic E-state index is 10.8. The largest absolute Gasteiger partial charge is 0.385 e. The van der Waals surface area contributed by atoms with E-state index in [0.29, 0.717) is 13.0 Å². The lowest BCUT2D eigenvalue weighted by atomic mass is 10.2. The van der Waals surface area contributed by atoms with Crippen LogP contribution in [0.15, 0.2) is 18.2 Å². The zero-order valence-corrected chi connectivity index (χ0v) is 10.4. The van der Waals surface area contributed by atoms with Gasteiger partial charge in [0, 0.05) is 25.7 Å². The van der Waals surface area contributed by atoms with Gasteiger partial charge in [-0.25, -0.2) is 4.98 Å². The quantitative estimate of drug-likeness (QED) is 0.878. The summed E-state index contributed by atoms with van der Waals surface area (Å²) in [5.74, 6) is 1.20. The fraction of sp³-hybridized carbons (Fsp3) is 0.385. The van der Waals surface area contributed by atoms with Crippen LogP contribution in [-0.2, 0) is 11.8 Å². The Balaban J connectivity index is 2.17. The number of fused-ring (bicyclic) bond motifs is 1. The normalized spacial score (nSPS) is 10.8. The van der Waals surface area contributed by atoms with Crippen molar-refractivity contribution in [2.45, 2.75) is 20.3 Å². The van der Waals surface area contributed by atoms with Gasteiger partial charge in [0.25, 0.3) is 0 Å². The zero-order chi connectivity index (χ0) is 12.4. The summed E-state index contributed by atoms with van der Waals surface area (Å²) in [5, 5.41) is 3.23. The molecular weight excluding hydrogens is 214 g/mol. The Kier molecular flexibility index (Phi) is 3.13. The predicted octanol–water partition coefficient (Wildman–Crippen LogP) is 2.27. The van der Waals surface area contributed by atoms with E-state index in [2.05, 4.69) is 14.9 Å². The van der Waals surface area contributed by atoms with Crippen LogP contribution >= 0.6 is 0 Å². The molecule has 0 saturated carbocycles. The molecule has 0 aliphatic heterocycles. The maximum absolute atomic E-state index is 10.8. The highest BCUT2D eigenvalue weighted by molar-refractivity contribution is 5.80. The molecule has 0 aliphatic rings. The van der Waals surface area contributed by atoms with Gasteiger partial charge in [-0.3, -0.25) is 4.79 Å². The molecule has 1 heterocycles. The van der Waals surface area contributed by atoms with Crippen LogP contribution in [-0.4, -0.2) is 21.9 Å². The minimum Gasteiger partial charge on any atom is -0.385 e. The average molecular weight is 231 g/mol. The predicted molar refractivity (Wildman–Crippen MR) is 69.2 cm³/mol. The van der Waals surface area contributed by atoms with Crippen LogP contribution in [0.5, 0.6) is 0 Å². The molecule has 2 rings (SSSR count). The molecule has 0 fully saturated rings. The van der Waals surface area contributed by atoms with Crippen molar-refractivity contribution in [1.29, 1.82) is 0 Å². The smallest absolute Gasteiger partial charge is 0.131 e. The number of anilines is 1. The number of hydrogen-bond donors (Lipinski definition) is 1. The van der Waals surface area contributed by atoms with E-state index in [0.717, 1.165) is 22.5 Å². The fourth-order valence-electron chi connectivity index (χ4n) is 1.81. The Bertz CT molecular complexity index is 557. The molecule has 0 radical (unpaired) electrons. The van der Waals surface area contributed by atoms with Crippen LogP contribution in [0.25, 0.3) is 11.0 Å². The molecule has 0 unspecified atom stereocenters. The van der Waals surface area contributed by atoms with Gasteiger partial charge in [-0.15, -0.1) is 0 Å². The number of hydrogen-bond acceptors (Lipinski definition) is 3. The van der Waals surface area contributed by atoms with Crippen molar-refractivity contribution in [3.8, 4) is 0 Å².